The third-order valence-corrected chi connectivity index (χ3v) is 3.39. The molecular formula is C14H12Cl2N2O. The molecule has 2 rings (SSSR count). The lowest BCUT2D eigenvalue weighted by atomic mass is 10.2. The maximum atomic E-state index is 10.9. The van der Waals surface area contributed by atoms with Gasteiger partial charge in [0.1, 0.15) is 0 Å². The van der Waals surface area contributed by atoms with Crippen molar-refractivity contribution in [3.8, 4) is 0 Å². The van der Waals surface area contributed by atoms with Crippen molar-refractivity contribution in [2.24, 2.45) is 5.73 Å². The first-order chi connectivity index (χ1) is 9.06. The molecule has 0 saturated carbocycles. The van der Waals surface area contributed by atoms with Crippen LogP contribution in [0.5, 0.6) is 0 Å². The lowest BCUT2D eigenvalue weighted by Gasteiger charge is -2.08. The van der Waals surface area contributed by atoms with E-state index in [1.54, 1.807) is 30.3 Å². The van der Waals surface area contributed by atoms with E-state index in [0.717, 1.165) is 11.3 Å². The van der Waals surface area contributed by atoms with Gasteiger partial charge in [-0.3, -0.25) is 4.79 Å². The van der Waals surface area contributed by atoms with Gasteiger partial charge < -0.3 is 11.1 Å². The predicted molar refractivity (Wildman–Crippen MR) is 78.7 cm³/mol. The number of primary amides is 1. The second-order valence-corrected chi connectivity index (χ2v) is 4.86. The average molecular weight is 295 g/mol. The third kappa shape index (κ3) is 3.63. The zero-order valence-electron chi connectivity index (χ0n) is 9.99. The molecule has 0 aliphatic heterocycles. The second-order valence-electron chi connectivity index (χ2n) is 4.04. The minimum Gasteiger partial charge on any atom is -0.381 e. The molecule has 5 heteroatoms. The monoisotopic (exact) mass is 294 g/mol. The van der Waals surface area contributed by atoms with Gasteiger partial charge in [-0.15, -0.1) is 0 Å². The number of benzene rings is 2. The molecule has 2 aromatic carbocycles. The zero-order valence-corrected chi connectivity index (χ0v) is 11.5. The van der Waals surface area contributed by atoms with Crippen molar-refractivity contribution in [3.63, 3.8) is 0 Å². The van der Waals surface area contributed by atoms with Crippen LogP contribution >= 0.6 is 23.2 Å². The minimum absolute atomic E-state index is 0.434. The molecule has 0 fully saturated rings. The summed E-state index contributed by atoms with van der Waals surface area (Å²) in [7, 11) is 0. The van der Waals surface area contributed by atoms with Crippen LogP contribution in [0.4, 0.5) is 5.69 Å². The van der Waals surface area contributed by atoms with Gasteiger partial charge >= 0.3 is 0 Å². The first-order valence-corrected chi connectivity index (χ1v) is 6.39. The van der Waals surface area contributed by atoms with E-state index in [9.17, 15) is 4.79 Å². The standard InChI is InChI=1S/C14H12Cl2N2O/c15-12-6-1-9(7-13(12)16)8-18-11-4-2-10(3-5-11)14(17)19/h1-7,18H,8H2,(H2,17,19). The number of hydrogen-bond donors (Lipinski definition) is 2. The van der Waals surface area contributed by atoms with Gasteiger partial charge in [0.15, 0.2) is 0 Å². The Bertz CT molecular complexity index is 597. The van der Waals surface area contributed by atoms with Gasteiger partial charge in [0.25, 0.3) is 0 Å². The largest absolute Gasteiger partial charge is 0.381 e. The molecule has 3 nitrogen and oxygen atoms in total. The van der Waals surface area contributed by atoms with Crippen molar-refractivity contribution in [3.05, 3.63) is 63.6 Å². The molecule has 0 heterocycles. The van der Waals surface area contributed by atoms with E-state index in [1.807, 2.05) is 12.1 Å². The number of anilines is 1. The van der Waals surface area contributed by atoms with Crippen molar-refractivity contribution >= 4 is 34.8 Å². The molecule has 0 aliphatic carbocycles. The molecule has 0 aromatic heterocycles. The Hall–Kier alpha value is -1.71. The van der Waals surface area contributed by atoms with E-state index in [4.69, 9.17) is 28.9 Å². The van der Waals surface area contributed by atoms with Gasteiger partial charge in [-0.05, 0) is 42.0 Å². The van der Waals surface area contributed by atoms with E-state index < -0.39 is 5.91 Å². The molecule has 2 aromatic rings. The molecule has 0 radical (unpaired) electrons. The number of rotatable bonds is 4. The number of carbonyl (C=O) groups is 1. The Kier molecular flexibility index (Phi) is 4.30. The van der Waals surface area contributed by atoms with Crippen molar-refractivity contribution in [1.29, 1.82) is 0 Å². The molecule has 0 saturated heterocycles. The van der Waals surface area contributed by atoms with Gasteiger partial charge in [0, 0.05) is 17.8 Å². The summed E-state index contributed by atoms with van der Waals surface area (Å²) in [4.78, 5) is 10.9. The number of hydrogen-bond acceptors (Lipinski definition) is 2. The smallest absolute Gasteiger partial charge is 0.248 e. The summed E-state index contributed by atoms with van der Waals surface area (Å²) in [5, 5.41) is 4.29. The van der Waals surface area contributed by atoms with E-state index in [-0.39, 0.29) is 0 Å². The van der Waals surface area contributed by atoms with Crippen molar-refractivity contribution in [2.75, 3.05) is 5.32 Å². The Morgan fingerprint density at radius 1 is 1.05 bits per heavy atom. The van der Waals surface area contributed by atoms with Crippen molar-refractivity contribution in [1.82, 2.24) is 0 Å². The summed E-state index contributed by atoms with van der Waals surface area (Å²) in [5.41, 5.74) is 7.58. The lowest BCUT2D eigenvalue weighted by Crippen LogP contribution is -2.10. The number of halogens is 2. The summed E-state index contributed by atoms with van der Waals surface area (Å²) < 4.78 is 0. The molecule has 0 spiro atoms. The molecule has 0 atom stereocenters. The van der Waals surface area contributed by atoms with Crippen LogP contribution in [-0.4, -0.2) is 5.91 Å². The van der Waals surface area contributed by atoms with Crippen LogP contribution in [0.3, 0.4) is 0 Å². The lowest BCUT2D eigenvalue weighted by molar-refractivity contribution is 0.100. The van der Waals surface area contributed by atoms with Gasteiger partial charge in [-0.25, -0.2) is 0 Å². The molecule has 3 N–H and O–H groups in total. The third-order valence-electron chi connectivity index (χ3n) is 2.65. The summed E-state index contributed by atoms with van der Waals surface area (Å²) in [6.07, 6.45) is 0. The summed E-state index contributed by atoms with van der Waals surface area (Å²) >= 11 is 11.8. The Morgan fingerprint density at radius 2 is 1.74 bits per heavy atom. The number of nitrogens with two attached hydrogens (primary N) is 1. The SMILES string of the molecule is NC(=O)c1ccc(NCc2ccc(Cl)c(Cl)c2)cc1. The molecule has 98 valence electrons. The average Bonchev–Trinajstić information content (AvgIpc) is 2.40. The van der Waals surface area contributed by atoms with Crippen LogP contribution in [-0.2, 0) is 6.54 Å². The Morgan fingerprint density at radius 3 is 2.32 bits per heavy atom. The molecular weight excluding hydrogens is 283 g/mol. The van der Waals surface area contributed by atoms with E-state index >= 15 is 0 Å². The molecule has 0 aliphatic rings. The second kappa shape index (κ2) is 5.95. The maximum Gasteiger partial charge on any atom is 0.248 e. The van der Waals surface area contributed by atoms with Crippen LogP contribution < -0.4 is 11.1 Å². The summed E-state index contributed by atoms with van der Waals surface area (Å²) in [6.45, 7) is 0.618. The minimum atomic E-state index is -0.434. The molecule has 0 bridgehead atoms. The molecule has 1 amide bonds. The number of amides is 1. The van der Waals surface area contributed by atoms with Crippen LogP contribution in [0.2, 0.25) is 10.0 Å². The summed E-state index contributed by atoms with van der Waals surface area (Å²) in [6, 6.07) is 12.4. The Labute approximate surface area is 121 Å². The number of carbonyl (C=O) groups excluding carboxylic acids is 1. The fourth-order valence-corrected chi connectivity index (χ4v) is 1.93. The zero-order chi connectivity index (χ0) is 13.8. The van der Waals surface area contributed by atoms with E-state index in [0.29, 0.717) is 22.2 Å². The van der Waals surface area contributed by atoms with E-state index in [1.165, 1.54) is 0 Å². The maximum absolute atomic E-state index is 10.9. The Balaban J connectivity index is 2.01. The topological polar surface area (TPSA) is 55.1 Å². The van der Waals surface area contributed by atoms with Crippen molar-refractivity contribution < 1.29 is 4.79 Å². The van der Waals surface area contributed by atoms with Crippen LogP contribution in [0.1, 0.15) is 15.9 Å². The highest BCUT2D eigenvalue weighted by Crippen LogP contribution is 2.23. The van der Waals surface area contributed by atoms with Gasteiger partial charge in [-0.2, -0.15) is 0 Å². The molecule has 19 heavy (non-hydrogen) atoms. The fourth-order valence-electron chi connectivity index (χ4n) is 1.61. The highest BCUT2D eigenvalue weighted by atomic mass is 35.5. The van der Waals surface area contributed by atoms with Gasteiger partial charge in [-0.1, -0.05) is 29.3 Å². The summed E-state index contributed by atoms with van der Waals surface area (Å²) in [5.74, 6) is -0.434. The van der Waals surface area contributed by atoms with Crippen LogP contribution in [0.25, 0.3) is 0 Å². The van der Waals surface area contributed by atoms with Crippen LogP contribution in [0, 0.1) is 0 Å². The first-order valence-electron chi connectivity index (χ1n) is 5.64. The highest BCUT2D eigenvalue weighted by molar-refractivity contribution is 6.42. The van der Waals surface area contributed by atoms with Crippen LogP contribution in [0.15, 0.2) is 42.5 Å². The first kappa shape index (κ1) is 13.7. The number of nitrogens with one attached hydrogen (secondary N) is 1. The highest BCUT2D eigenvalue weighted by Gasteiger charge is 2.01. The van der Waals surface area contributed by atoms with Gasteiger partial charge in [0.2, 0.25) is 5.91 Å². The quantitative estimate of drug-likeness (QED) is 0.903. The predicted octanol–water partition coefficient (Wildman–Crippen LogP) is 3.70. The van der Waals surface area contributed by atoms with E-state index in [2.05, 4.69) is 5.32 Å². The molecule has 0 unspecified atom stereocenters. The fraction of sp³-hybridized carbons (Fsp3) is 0.0714. The van der Waals surface area contributed by atoms with Crippen molar-refractivity contribution in [2.45, 2.75) is 6.54 Å². The normalized spacial score (nSPS) is 10.2. The van der Waals surface area contributed by atoms with Gasteiger partial charge in [0.05, 0.1) is 10.0 Å².